The van der Waals surface area contributed by atoms with Gasteiger partial charge in [-0.05, 0) is 58.1 Å². The molecule has 8 nitrogen and oxygen atoms in total. The number of aryl methyl sites for hydroxylation is 1. The van der Waals surface area contributed by atoms with Crippen LogP contribution in [0.25, 0.3) is 11.4 Å². The molecule has 0 bridgehead atoms. The maximum atomic E-state index is 13.5. The molecule has 0 spiro atoms. The predicted octanol–water partition coefficient (Wildman–Crippen LogP) is 3.91. The van der Waals surface area contributed by atoms with Gasteiger partial charge in [0.25, 0.3) is 0 Å². The van der Waals surface area contributed by atoms with Crippen molar-refractivity contribution >= 4 is 23.4 Å². The second-order valence-corrected chi connectivity index (χ2v) is 7.54. The average Bonchev–Trinajstić information content (AvgIpc) is 3.35. The van der Waals surface area contributed by atoms with E-state index in [1.54, 1.807) is 0 Å². The molecule has 0 N–H and O–H groups in total. The third kappa shape index (κ3) is 4.14. The minimum atomic E-state index is -4.62. The fourth-order valence-corrected chi connectivity index (χ4v) is 3.62. The molecule has 0 atom stereocenters. The average molecular weight is 453 g/mol. The summed E-state index contributed by atoms with van der Waals surface area (Å²) >= 11 is 6.94. The first-order valence-corrected chi connectivity index (χ1v) is 9.82. The molecule has 4 aromatic rings. The van der Waals surface area contributed by atoms with Gasteiger partial charge in [0.05, 0.1) is 22.7 Å². The monoisotopic (exact) mass is 452 g/mol. The molecule has 2 aromatic carbocycles. The van der Waals surface area contributed by atoms with Crippen LogP contribution in [-0.4, -0.2) is 40.4 Å². The van der Waals surface area contributed by atoms with E-state index in [-0.39, 0.29) is 22.3 Å². The Balaban J connectivity index is 1.62. The van der Waals surface area contributed by atoms with Crippen LogP contribution in [0.5, 0.6) is 0 Å². The van der Waals surface area contributed by atoms with Crippen LogP contribution in [-0.2, 0) is 11.9 Å². The van der Waals surface area contributed by atoms with Crippen LogP contribution in [0.15, 0.2) is 47.6 Å². The molecule has 2 heterocycles. The zero-order valence-corrected chi connectivity index (χ0v) is 16.8. The standard InChI is InChI=1S/C17H12ClF3N8S/c1-10-2-5-12(6-3-10)28-16(23-25-26-28)30-9-15-22-24-27-29(15)14-7-4-11(18)8-13(14)17(19,20)21/h2-8H,9H2,1H3. The van der Waals surface area contributed by atoms with Gasteiger partial charge in [-0.15, -0.1) is 10.2 Å². The molecular weight excluding hydrogens is 441 g/mol. The van der Waals surface area contributed by atoms with Gasteiger partial charge in [0, 0.05) is 5.02 Å². The van der Waals surface area contributed by atoms with Gasteiger partial charge in [0.15, 0.2) is 5.82 Å². The molecule has 0 saturated carbocycles. The Morgan fingerprint density at radius 2 is 1.67 bits per heavy atom. The van der Waals surface area contributed by atoms with Crippen molar-refractivity contribution in [2.75, 3.05) is 0 Å². The molecule has 0 amide bonds. The van der Waals surface area contributed by atoms with Crippen LogP contribution in [0.2, 0.25) is 5.02 Å². The second-order valence-electron chi connectivity index (χ2n) is 6.16. The Labute approximate surface area is 177 Å². The Hall–Kier alpha value is -2.99. The van der Waals surface area contributed by atoms with Gasteiger partial charge in [-0.1, -0.05) is 41.1 Å². The number of nitrogens with zero attached hydrogens (tertiary/aromatic N) is 8. The Bertz CT molecular complexity index is 1170. The van der Waals surface area contributed by atoms with Crippen molar-refractivity contribution in [2.24, 2.45) is 0 Å². The lowest BCUT2D eigenvalue weighted by molar-refractivity contribution is -0.137. The van der Waals surface area contributed by atoms with Crippen molar-refractivity contribution in [1.29, 1.82) is 0 Å². The van der Waals surface area contributed by atoms with E-state index in [4.69, 9.17) is 11.6 Å². The zero-order valence-electron chi connectivity index (χ0n) is 15.2. The van der Waals surface area contributed by atoms with E-state index in [0.717, 1.165) is 22.0 Å². The fraction of sp³-hybridized carbons (Fsp3) is 0.176. The summed E-state index contributed by atoms with van der Waals surface area (Å²) in [4.78, 5) is 0. The van der Waals surface area contributed by atoms with Crippen LogP contribution in [0.3, 0.4) is 0 Å². The summed E-state index contributed by atoms with van der Waals surface area (Å²) in [6.45, 7) is 1.96. The van der Waals surface area contributed by atoms with Gasteiger partial charge in [-0.25, -0.2) is 0 Å². The molecule has 2 aromatic heterocycles. The first kappa shape index (κ1) is 20.3. The van der Waals surface area contributed by atoms with E-state index in [1.807, 2.05) is 31.2 Å². The molecule has 0 aliphatic heterocycles. The van der Waals surface area contributed by atoms with Gasteiger partial charge in [0.2, 0.25) is 5.16 Å². The van der Waals surface area contributed by atoms with E-state index in [0.29, 0.717) is 5.16 Å². The van der Waals surface area contributed by atoms with Crippen molar-refractivity contribution < 1.29 is 13.2 Å². The lowest BCUT2D eigenvalue weighted by atomic mass is 10.1. The van der Waals surface area contributed by atoms with Gasteiger partial charge in [-0.2, -0.15) is 22.5 Å². The number of rotatable bonds is 5. The third-order valence-electron chi connectivity index (χ3n) is 4.08. The highest BCUT2D eigenvalue weighted by Gasteiger charge is 2.35. The van der Waals surface area contributed by atoms with Crippen LogP contribution < -0.4 is 0 Å². The minimum absolute atomic E-state index is 0.0349. The van der Waals surface area contributed by atoms with Gasteiger partial charge >= 0.3 is 6.18 Å². The lowest BCUT2D eigenvalue weighted by Crippen LogP contribution is -2.13. The molecule has 0 fully saturated rings. The fourth-order valence-electron chi connectivity index (χ4n) is 2.65. The number of aromatic nitrogens is 8. The molecular formula is C17H12ClF3N8S. The molecule has 0 unspecified atom stereocenters. The summed E-state index contributed by atoms with van der Waals surface area (Å²) in [5.74, 6) is 0.338. The normalized spacial score (nSPS) is 11.8. The van der Waals surface area contributed by atoms with E-state index >= 15 is 0 Å². The molecule has 154 valence electrons. The summed E-state index contributed by atoms with van der Waals surface area (Å²) < 4.78 is 42.9. The van der Waals surface area contributed by atoms with E-state index < -0.39 is 11.7 Å². The maximum absolute atomic E-state index is 13.5. The predicted molar refractivity (Wildman–Crippen MR) is 103 cm³/mol. The molecule has 0 radical (unpaired) electrons. The SMILES string of the molecule is Cc1ccc(-n2nnnc2SCc2nnnn2-c2ccc(Cl)cc2C(F)(F)F)cc1. The van der Waals surface area contributed by atoms with Crippen molar-refractivity contribution in [3.05, 3.63) is 64.4 Å². The Morgan fingerprint density at radius 1 is 0.967 bits per heavy atom. The number of alkyl halides is 3. The largest absolute Gasteiger partial charge is 0.418 e. The van der Waals surface area contributed by atoms with Crippen molar-refractivity contribution in [3.8, 4) is 11.4 Å². The first-order valence-electron chi connectivity index (χ1n) is 8.45. The van der Waals surface area contributed by atoms with Crippen LogP contribution in [0.1, 0.15) is 17.0 Å². The summed E-state index contributed by atoms with van der Waals surface area (Å²) in [5, 5.41) is 23.1. The molecule has 0 saturated heterocycles. The molecule has 0 aliphatic carbocycles. The second kappa shape index (κ2) is 8.03. The van der Waals surface area contributed by atoms with Crippen molar-refractivity contribution in [3.63, 3.8) is 0 Å². The highest BCUT2D eigenvalue weighted by Crippen LogP contribution is 2.36. The topological polar surface area (TPSA) is 87.2 Å². The number of hydrogen-bond acceptors (Lipinski definition) is 7. The molecule has 30 heavy (non-hydrogen) atoms. The van der Waals surface area contributed by atoms with Crippen molar-refractivity contribution in [2.45, 2.75) is 24.0 Å². The van der Waals surface area contributed by atoms with Crippen molar-refractivity contribution in [1.82, 2.24) is 40.4 Å². The highest BCUT2D eigenvalue weighted by molar-refractivity contribution is 7.98. The van der Waals surface area contributed by atoms with Crippen LogP contribution in [0, 0.1) is 6.92 Å². The molecule has 0 aliphatic rings. The first-order chi connectivity index (χ1) is 14.3. The van der Waals surface area contributed by atoms with E-state index in [2.05, 4.69) is 31.1 Å². The minimum Gasteiger partial charge on any atom is -0.196 e. The Kier molecular flexibility index (Phi) is 5.43. The number of tetrazole rings is 2. The van der Waals surface area contributed by atoms with Gasteiger partial charge in [-0.3, -0.25) is 0 Å². The highest BCUT2D eigenvalue weighted by atomic mass is 35.5. The smallest absolute Gasteiger partial charge is 0.196 e. The number of thioether (sulfide) groups is 1. The number of benzene rings is 2. The molecule has 4 rings (SSSR count). The lowest BCUT2D eigenvalue weighted by Gasteiger charge is -2.13. The summed E-state index contributed by atoms with van der Waals surface area (Å²) in [7, 11) is 0. The number of halogens is 4. The summed E-state index contributed by atoms with van der Waals surface area (Å²) in [6.07, 6.45) is -4.62. The van der Waals surface area contributed by atoms with Gasteiger partial charge < -0.3 is 0 Å². The summed E-state index contributed by atoms with van der Waals surface area (Å²) in [6, 6.07) is 11.0. The van der Waals surface area contributed by atoms with Gasteiger partial charge in [0.1, 0.15) is 0 Å². The number of hydrogen-bond donors (Lipinski definition) is 0. The van der Waals surface area contributed by atoms with E-state index in [9.17, 15) is 13.2 Å². The maximum Gasteiger partial charge on any atom is 0.418 e. The molecule has 13 heteroatoms. The van der Waals surface area contributed by atoms with E-state index in [1.165, 1.54) is 28.6 Å². The van der Waals surface area contributed by atoms with Crippen LogP contribution >= 0.6 is 23.4 Å². The quantitative estimate of drug-likeness (QED) is 0.424. The summed E-state index contributed by atoms with van der Waals surface area (Å²) in [5.41, 5.74) is 0.692. The Morgan fingerprint density at radius 3 is 2.40 bits per heavy atom. The van der Waals surface area contributed by atoms with Crippen LogP contribution in [0.4, 0.5) is 13.2 Å². The third-order valence-corrected chi connectivity index (χ3v) is 5.23. The zero-order chi connectivity index (χ0) is 21.3.